The van der Waals surface area contributed by atoms with Gasteiger partial charge in [0.25, 0.3) is 0 Å². The minimum atomic E-state index is -1.00. The van der Waals surface area contributed by atoms with Crippen molar-refractivity contribution in [3.05, 3.63) is 24.3 Å². The highest BCUT2D eigenvalue weighted by Gasteiger charge is 2.04. The number of hydrogen-bond acceptors (Lipinski definition) is 4. The fourth-order valence-electron chi connectivity index (χ4n) is 1.81. The summed E-state index contributed by atoms with van der Waals surface area (Å²) < 4.78 is 4.72. The molecule has 0 aliphatic rings. The maximum atomic E-state index is 11.2. The molecule has 0 aromatic carbocycles. The summed E-state index contributed by atoms with van der Waals surface area (Å²) in [5, 5.41) is 17.6. The van der Waals surface area contributed by atoms with E-state index in [-0.39, 0.29) is 6.61 Å². The highest BCUT2D eigenvalue weighted by atomic mass is 16.5. The molecule has 0 heterocycles. The number of rotatable bonds is 13. The molecule has 0 saturated carbocycles. The first kappa shape index (κ1) is 19.9. The van der Waals surface area contributed by atoms with Gasteiger partial charge in [0, 0.05) is 6.08 Å². The van der Waals surface area contributed by atoms with Gasteiger partial charge in [-0.05, 0) is 12.8 Å². The number of aliphatic hydroxyl groups is 2. The fraction of sp³-hybridized carbons (Fsp3) is 0.706. The largest absolute Gasteiger partial charge is 0.460 e. The van der Waals surface area contributed by atoms with Crippen LogP contribution in [0.2, 0.25) is 0 Å². The van der Waals surface area contributed by atoms with Gasteiger partial charge in [0.15, 0.2) is 0 Å². The molecule has 2 N–H and O–H groups in total. The van der Waals surface area contributed by atoms with Gasteiger partial charge in [0.05, 0.1) is 6.61 Å². The molecule has 0 aromatic heterocycles. The van der Waals surface area contributed by atoms with Crippen LogP contribution in [0.5, 0.6) is 0 Å². The molecule has 0 rings (SSSR count). The number of carbonyl (C=O) groups excluding carboxylic acids is 1. The van der Waals surface area contributed by atoms with Crippen LogP contribution in [0.25, 0.3) is 0 Å². The van der Waals surface area contributed by atoms with Gasteiger partial charge in [0.2, 0.25) is 0 Å². The molecule has 0 amide bonds. The third-order valence-electron chi connectivity index (χ3n) is 3.08. The van der Waals surface area contributed by atoms with E-state index in [1.54, 1.807) is 6.08 Å². The molecule has 0 aliphatic carbocycles. The van der Waals surface area contributed by atoms with Crippen LogP contribution in [0.1, 0.15) is 58.3 Å². The van der Waals surface area contributed by atoms with Gasteiger partial charge in [-0.2, -0.15) is 0 Å². The highest BCUT2D eigenvalue weighted by Crippen LogP contribution is 2.08. The van der Waals surface area contributed by atoms with E-state index in [9.17, 15) is 4.79 Å². The van der Waals surface area contributed by atoms with Crippen LogP contribution >= 0.6 is 0 Å². The van der Waals surface area contributed by atoms with Crippen LogP contribution in [0.3, 0.4) is 0 Å². The number of allylic oxidation sites excluding steroid dienone is 3. The van der Waals surface area contributed by atoms with Crippen molar-refractivity contribution < 1.29 is 19.7 Å². The van der Waals surface area contributed by atoms with Gasteiger partial charge in [-0.25, -0.2) is 4.79 Å². The summed E-state index contributed by atoms with van der Waals surface area (Å²) in [4.78, 5) is 11.2. The molecular weight excluding hydrogens is 268 g/mol. The Morgan fingerprint density at radius 2 is 1.76 bits per heavy atom. The van der Waals surface area contributed by atoms with E-state index in [2.05, 4.69) is 6.92 Å². The molecule has 0 fully saturated rings. The van der Waals surface area contributed by atoms with E-state index in [1.807, 2.05) is 12.2 Å². The summed E-state index contributed by atoms with van der Waals surface area (Å²) in [6.45, 7) is 1.64. The molecule has 0 spiro atoms. The maximum Gasteiger partial charge on any atom is 0.330 e. The Kier molecular flexibility index (Phi) is 14.4. The van der Waals surface area contributed by atoms with E-state index in [4.69, 9.17) is 14.9 Å². The minimum absolute atomic E-state index is 0.179. The summed E-state index contributed by atoms with van der Waals surface area (Å²) in [6.07, 6.45) is 15.9. The topological polar surface area (TPSA) is 66.8 Å². The first-order valence-electron chi connectivity index (χ1n) is 7.99. The van der Waals surface area contributed by atoms with Crippen LogP contribution < -0.4 is 0 Å². The summed E-state index contributed by atoms with van der Waals surface area (Å²) >= 11 is 0. The molecule has 4 heteroatoms. The van der Waals surface area contributed by atoms with Crippen LogP contribution in [0, 0.1) is 0 Å². The molecule has 0 aromatic rings. The molecule has 122 valence electrons. The highest BCUT2D eigenvalue weighted by molar-refractivity contribution is 5.82. The normalized spacial score (nSPS) is 13.1. The number of unbranched alkanes of at least 4 members (excludes halogenated alkanes) is 7. The first-order valence-corrected chi connectivity index (χ1v) is 7.99. The molecule has 1 atom stereocenters. The van der Waals surface area contributed by atoms with Gasteiger partial charge in [-0.1, -0.05) is 63.7 Å². The van der Waals surface area contributed by atoms with E-state index in [0.29, 0.717) is 0 Å². The average Bonchev–Trinajstić information content (AvgIpc) is 2.50. The molecule has 0 bridgehead atoms. The molecule has 21 heavy (non-hydrogen) atoms. The summed E-state index contributed by atoms with van der Waals surface area (Å²) in [5.74, 6) is -0.511. The van der Waals surface area contributed by atoms with Crippen molar-refractivity contribution in [2.45, 2.75) is 64.4 Å². The van der Waals surface area contributed by atoms with Crippen molar-refractivity contribution in [3.8, 4) is 0 Å². The lowest BCUT2D eigenvalue weighted by molar-refractivity contribution is -0.141. The van der Waals surface area contributed by atoms with Crippen molar-refractivity contribution in [2.24, 2.45) is 0 Å². The lowest BCUT2D eigenvalue weighted by Gasteiger charge is -2.05. The number of hydrogen-bond donors (Lipinski definition) is 2. The number of ether oxygens (including phenoxy) is 1. The zero-order valence-electron chi connectivity index (χ0n) is 13.2. The summed E-state index contributed by atoms with van der Waals surface area (Å²) in [5.41, 5.74) is 0. The second-order valence-corrected chi connectivity index (χ2v) is 5.16. The smallest absolute Gasteiger partial charge is 0.330 e. The second kappa shape index (κ2) is 15.3. The summed E-state index contributed by atoms with van der Waals surface area (Å²) in [7, 11) is 0. The Labute approximate surface area is 128 Å². The van der Waals surface area contributed by atoms with Gasteiger partial charge in [-0.3, -0.25) is 0 Å². The lowest BCUT2D eigenvalue weighted by Crippen LogP contribution is -2.21. The van der Waals surface area contributed by atoms with E-state index < -0.39 is 18.7 Å². The first-order chi connectivity index (χ1) is 10.2. The predicted octanol–water partition coefficient (Wildman–Crippen LogP) is 3.14. The SMILES string of the molecule is CCCCCCCCC/C=C/C=C/C(=O)OC[C@H](O)CO. The summed E-state index contributed by atoms with van der Waals surface area (Å²) in [6, 6.07) is 0. The number of aliphatic hydroxyl groups excluding tert-OH is 2. The van der Waals surface area contributed by atoms with Crippen LogP contribution in [-0.2, 0) is 9.53 Å². The molecule has 0 unspecified atom stereocenters. The van der Waals surface area contributed by atoms with E-state index in [1.165, 1.54) is 51.0 Å². The number of esters is 1. The van der Waals surface area contributed by atoms with Crippen molar-refractivity contribution in [1.82, 2.24) is 0 Å². The van der Waals surface area contributed by atoms with Gasteiger partial charge >= 0.3 is 5.97 Å². The zero-order valence-corrected chi connectivity index (χ0v) is 13.2. The average molecular weight is 298 g/mol. The third kappa shape index (κ3) is 15.1. The van der Waals surface area contributed by atoms with Crippen LogP contribution in [0.15, 0.2) is 24.3 Å². The van der Waals surface area contributed by atoms with Crippen molar-refractivity contribution in [1.29, 1.82) is 0 Å². The molecule has 4 nitrogen and oxygen atoms in total. The number of carbonyl (C=O) groups is 1. The Hall–Kier alpha value is -1.13. The van der Waals surface area contributed by atoms with Gasteiger partial charge in [0.1, 0.15) is 12.7 Å². The van der Waals surface area contributed by atoms with Gasteiger partial charge < -0.3 is 14.9 Å². The Balaban J connectivity index is 3.45. The second-order valence-electron chi connectivity index (χ2n) is 5.16. The minimum Gasteiger partial charge on any atom is -0.460 e. The Bertz CT molecular complexity index is 297. The third-order valence-corrected chi connectivity index (χ3v) is 3.08. The standard InChI is InChI=1S/C17H30O4/c1-2-3-4-5-6-7-8-9-10-11-12-13-17(20)21-15-16(19)14-18/h10-13,16,18-19H,2-9,14-15H2,1H3/b11-10+,13-12+/t16-/m1/s1. The quantitative estimate of drug-likeness (QED) is 0.237. The lowest BCUT2D eigenvalue weighted by atomic mass is 10.1. The molecular formula is C17H30O4. The van der Waals surface area contributed by atoms with Crippen molar-refractivity contribution in [2.75, 3.05) is 13.2 Å². The predicted molar refractivity (Wildman–Crippen MR) is 84.9 cm³/mol. The monoisotopic (exact) mass is 298 g/mol. The zero-order chi connectivity index (χ0) is 15.8. The fourth-order valence-corrected chi connectivity index (χ4v) is 1.81. The van der Waals surface area contributed by atoms with Crippen LogP contribution in [-0.4, -0.2) is 35.5 Å². The van der Waals surface area contributed by atoms with Crippen molar-refractivity contribution >= 4 is 5.97 Å². The molecule has 0 radical (unpaired) electrons. The molecule has 0 aliphatic heterocycles. The van der Waals surface area contributed by atoms with Crippen molar-refractivity contribution in [3.63, 3.8) is 0 Å². The van der Waals surface area contributed by atoms with E-state index in [0.717, 1.165) is 6.42 Å². The van der Waals surface area contributed by atoms with E-state index >= 15 is 0 Å². The maximum absolute atomic E-state index is 11.2. The van der Waals surface area contributed by atoms with Gasteiger partial charge in [-0.15, -0.1) is 0 Å². The Morgan fingerprint density at radius 1 is 1.10 bits per heavy atom. The Morgan fingerprint density at radius 3 is 2.43 bits per heavy atom. The molecule has 0 saturated heterocycles. The van der Waals surface area contributed by atoms with Crippen LogP contribution in [0.4, 0.5) is 0 Å².